The Morgan fingerprint density at radius 1 is 1.56 bits per heavy atom. The van der Waals surface area contributed by atoms with Gasteiger partial charge in [-0.2, -0.15) is 0 Å². The zero-order valence-electron chi connectivity index (χ0n) is 8.96. The van der Waals surface area contributed by atoms with E-state index < -0.39 is 5.91 Å². The largest absolute Gasteiger partial charge is 0.302 e. The van der Waals surface area contributed by atoms with Crippen LogP contribution in [0.4, 0.5) is 4.39 Å². The Morgan fingerprint density at radius 3 is 3.00 bits per heavy atom. The molecule has 1 aromatic carbocycles. The third kappa shape index (κ3) is 1.91. The minimum atomic E-state index is -0.680. The number of likely N-dealkylation sites (N-methyl/N-ethyl adjacent to an activating group) is 1. The van der Waals surface area contributed by atoms with Crippen molar-refractivity contribution in [1.29, 1.82) is 0 Å². The number of hydrogen-bond acceptors (Lipinski definition) is 3. The Balaban J connectivity index is 2.42. The minimum absolute atomic E-state index is 0.156. The topological polar surface area (TPSA) is 52.6 Å². The number of carbonyl (C=O) groups excluding carboxylic acids is 1. The molecule has 1 aromatic rings. The van der Waals surface area contributed by atoms with Gasteiger partial charge in [-0.1, -0.05) is 0 Å². The number of nitrogens with one attached hydrogen (secondary N) is 1. The van der Waals surface area contributed by atoms with Crippen molar-refractivity contribution in [2.45, 2.75) is 13.0 Å². The molecule has 0 spiro atoms. The van der Waals surface area contributed by atoms with Crippen molar-refractivity contribution in [2.75, 3.05) is 13.6 Å². The molecule has 86 valence electrons. The first-order chi connectivity index (χ1) is 7.61. The molecule has 0 bridgehead atoms. The van der Waals surface area contributed by atoms with Crippen LogP contribution < -0.4 is 5.48 Å². The van der Waals surface area contributed by atoms with Crippen LogP contribution in [0.2, 0.25) is 0 Å². The van der Waals surface area contributed by atoms with E-state index in [4.69, 9.17) is 5.21 Å². The molecule has 0 atom stereocenters. The first-order valence-corrected chi connectivity index (χ1v) is 5.06. The van der Waals surface area contributed by atoms with Crippen molar-refractivity contribution in [1.82, 2.24) is 10.4 Å². The molecule has 1 aliphatic heterocycles. The van der Waals surface area contributed by atoms with E-state index in [2.05, 4.69) is 0 Å². The summed E-state index contributed by atoms with van der Waals surface area (Å²) in [4.78, 5) is 13.2. The molecule has 16 heavy (non-hydrogen) atoms. The minimum Gasteiger partial charge on any atom is -0.302 e. The lowest BCUT2D eigenvalue weighted by Gasteiger charge is -2.25. The number of amides is 1. The van der Waals surface area contributed by atoms with Crippen LogP contribution in [0.25, 0.3) is 0 Å². The van der Waals surface area contributed by atoms with E-state index in [9.17, 15) is 9.18 Å². The van der Waals surface area contributed by atoms with Gasteiger partial charge in [-0.25, -0.2) is 9.87 Å². The predicted octanol–water partition coefficient (Wildman–Crippen LogP) is 0.933. The van der Waals surface area contributed by atoms with Crippen LogP contribution in [0.1, 0.15) is 21.5 Å². The summed E-state index contributed by atoms with van der Waals surface area (Å²) in [7, 11) is 1.93. The van der Waals surface area contributed by atoms with E-state index in [1.54, 1.807) is 6.07 Å². The van der Waals surface area contributed by atoms with Crippen LogP contribution >= 0.6 is 0 Å². The molecular weight excluding hydrogens is 211 g/mol. The Kier molecular flexibility index (Phi) is 2.89. The molecule has 1 amide bonds. The van der Waals surface area contributed by atoms with Crippen molar-refractivity contribution >= 4 is 5.91 Å². The number of nitrogens with zero attached hydrogens (tertiary/aromatic N) is 1. The molecule has 0 saturated heterocycles. The molecule has 2 rings (SSSR count). The summed E-state index contributed by atoms with van der Waals surface area (Å²) in [6, 6.07) is 2.79. The fraction of sp³-hybridized carbons (Fsp3) is 0.364. The van der Waals surface area contributed by atoms with Gasteiger partial charge in [-0.05, 0) is 31.2 Å². The molecule has 1 heterocycles. The monoisotopic (exact) mass is 224 g/mol. The van der Waals surface area contributed by atoms with Gasteiger partial charge in [0.15, 0.2) is 0 Å². The average Bonchev–Trinajstić information content (AvgIpc) is 2.28. The molecule has 5 heteroatoms. The highest BCUT2D eigenvalue weighted by atomic mass is 19.1. The van der Waals surface area contributed by atoms with Gasteiger partial charge in [-0.15, -0.1) is 0 Å². The van der Waals surface area contributed by atoms with E-state index in [1.165, 1.54) is 5.48 Å². The maximum Gasteiger partial charge on any atom is 0.274 e. The molecular formula is C11H13FN2O2. The average molecular weight is 224 g/mol. The molecule has 0 unspecified atom stereocenters. The summed E-state index contributed by atoms with van der Waals surface area (Å²) in [6.45, 7) is 1.40. The molecule has 2 N–H and O–H groups in total. The van der Waals surface area contributed by atoms with Gasteiger partial charge in [0.05, 0.1) is 0 Å². The van der Waals surface area contributed by atoms with Crippen molar-refractivity contribution in [3.8, 4) is 0 Å². The standard InChI is InChI=1S/C11H13FN2O2/c1-14-3-2-7-4-8(11(15)13-16)5-10(12)9(7)6-14/h4-5,16H,2-3,6H2,1H3,(H,13,15). The zero-order chi connectivity index (χ0) is 11.7. The highest BCUT2D eigenvalue weighted by Gasteiger charge is 2.19. The van der Waals surface area contributed by atoms with Gasteiger partial charge >= 0.3 is 0 Å². The fourth-order valence-corrected chi connectivity index (χ4v) is 1.95. The maximum absolute atomic E-state index is 13.7. The van der Waals surface area contributed by atoms with E-state index in [-0.39, 0.29) is 11.4 Å². The molecule has 0 aromatic heterocycles. The highest BCUT2D eigenvalue weighted by molar-refractivity contribution is 5.93. The van der Waals surface area contributed by atoms with Crippen molar-refractivity contribution in [2.24, 2.45) is 0 Å². The lowest BCUT2D eigenvalue weighted by Crippen LogP contribution is -2.28. The van der Waals surface area contributed by atoms with E-state index in [0.717, 1.165) is 24.6 Å². The Bertz CT molecular complexity index is 434. The van der Waals surface area contributed by atoms with Gasteiger partial charge in [0.1, 0.15) is 5.82 Å². The lowest BCUT2D eigenvalue weighted by atomic mass is 9.97. The Labute approximate surface area is 92.6 Å². The Morgan fingerprint density at radius 2 is 2.31 bits per heavy atom. The van der Waals surface area contributed by atoms with Crippen LogP contribution in [-0.2, 0) is 13.0 Å². The smallest absolute Gasteiger partial charge is 0.274 e. The van der Waals surface area contributed by atoms with E-state index >= 15 is 0 Å². The maximum atomic E-state index is 13.7. The fourth-order valence-electron chi connectivity index (χ4n) is 1.95. The third-order valence-corrected chi connectivity index (χ3v) is 2.84. The Hall–Kier alpha value is -1.46. The quantitative estimate of drug-likeness (QED) is 0.551. The van der Waals surface area contributed by atoms with Gasteiger partial charge in [0, 0.05) is 24.2 Å². The van der Waals surface area contributed by atoms with Crippen LogP contribution in [0.5, 0.6) is 0 Å². The molecule has 0 fully saturated rings. The first-order valence-electron chi connectivity index (χ1n) is 5.06. The van der Waals surface area contributed by atoms with Crippen LogP contribution in [0.3, 0.4) is 0 Å². The third-order valence-electron chi connectivity index (χ3n) is 2.84. The second kappa shape index (κ2) is 4.19. The van der Waals surface area contributed by atoms with Crippen LogP contribution in [0, 0.1) is 5.82 Å². The summed E-state index contributed by atoms with van der Waals surface area (Å²) in [6.07, 6.45) is 0.718. The SMILES string of the molecule is CN1CCc2cc(C(=O)NO)cc(F)c2C1. The highest BCUT2D eigenvalue weighted by Crippen LogP contribution is 2.22. The van der Waals surface area contributed by atoms with Gasteiger partial charge < -0.3 is 4.90 Å². The molecule has 0 saturated carbocycles. The summed E-state index contributed by atoms with van der Waals surface area (Å²) in [5, 5.41) is 8.50. The number of hydroxylamine groups is 1. The first kappa shape index (κ1) is 11.0. The second-order valence-electron chi connectivity index (χ2n) is 4.02. The summed E-state index contributed by atoms with van der Waals surface area (Å²) in [5.41, 5.74) is 3.15. The van der Waals surface area contributed by atoms with E-state index in [0.29, 0.717) is 12.1 Å². The van der Waals surface area contributed by atoms with Crippen LogP contribution in [-0.4, -0.2) is 29.6 Å². The van der Waals surface area contributed by atoms with Crippen molar-refractivity contribution < 1.29 is 14.4 Å². The number of rotatable bonds is 1. The number of hydrogen-bond donors (Lipinski definition) is 2. The van der Waals surface area contributed by atoms with Gasteiger partial charge in [-0.3, -0.25) is 10.0 Å². The predicted molar refractivity (Wildman–Crippen MR) is 55.7 cm³/mol. The summed E-state index contributed by atoms with van der Waals surface area (Å²) in [5.74, 6) is -1.07. The van der Waals surface area contributed by atoms with Crippen molar-refractivity contribution in [3.05, 3.63) is 34.6 Å². The number of carbonyl (C=O) groups is 1. The van der Waals surface area contributed by atoms with E-state index in [1.807, 2.05) is 11.9 Å². The normalized spacial score (nSPS) is 15.7. The second-order valence-corrected chi connectivity index (χ2v) is 4.02. The number of benzene rings is 1. The molecule has 1 aliphatic rings. The van der Waals surface area contributed by atoms with Crippen LogP contribution in [0.15, 0.2) is 12.1 Å². The molecule has 0 radical (unpaired) electrons. The number of fused-ring (bicyclic) bond motifs is 1. The molecule has 0 aliphatic carbocycles. The van der Waals surface area contributed by atoms with Gasteiger partial charge in [0.2, 0.25) is 0 Å². The molecule has 4 nitrogen and oxygen atoms in total. The van der Waals surface area contributed by atoms with Crippen molar-refractivity contribution in [3.63, 3.8) is 0 Å². The van der Waals surface area contributed by atoms with Gasteiger partial charge in [0.25, 0.3) is 5.91 Å². The summed E-state index contributed by atoms with van der Waals surface area (Å²) >= 11 is 0. The lowest BCUT2D eigenvalue weighted by molar-refractivity contribution is 0.0705. The zero-order valence-corrected chi connectivity index (χ0v) is 8.96. The summed E-state index contributed by atoms with van der Waals surface area (Å²) < 4.78 is 13.7. The number of halogens is 1.